The third-order valence-corrected chi connectivity index (χ3v) is 5.93. The van der Waals surface area contributed by atoms with Crippen molar-refractivity contribution in [3.8, 4) is 0 Å². The lowest BCUT2D eigenvalue weighted by Crippen LogP contribution is -2.49. The van der Waals surface area contributed by atoms with E-state index < -0.39 is 0 Å². The molecule has 3 aliphatic rings. The van der Waals surface area contributed by atoms with Crippen LogP contribution in [0.25, 0.3) is 0 Å². The Kier molecular flexibility index (Phi) is 4.76. The number of anilines is 1. The molecule has 0 aromatic heterocycles. The Balaban J connectivity index is 1.34. The first kappa shape index (κ1) is 17.8. The Hall–Kier alpha value is -2.57. The van der Waals surface area contributed by atoms with Crippen LogP contribution in [0, 0.1) is 12.8 Å². The van der Waals surface area contributed by atoms with Gasteiger partial charge in [0, 0.05) is 50.9 Å². The van der Waals surface area contributed by atoms with E-state index in [-0.39, 0.29) is 36.2 Å². The summed E-state index contributed by atoms with van der Waals surface area (Å²) in [5.74, 6) is -0.187. The summed E-state index contributed by atoms with van der Waals surface area (Å²) in [4.78, 5) is 42.7. The minimum atomic E-state index is -0.273. The summed E-state index contributed by atoms with van der Waals surface area (Å²) < 4.78 is 0. The van der Waals surface area contributed by atoms with Crippen molar-refractivity contribution in [2.75, 3.05) is 37.6 Å². The Labute approximate surface area is 159 Å². The van der Waals surface area contributed by atoms with Crippen molar-refractivity contribution < 1.29 is 14.4 Å². The fourth-order valence-corrected chi connectivity index (χ4v) is 4.34. The van der Waals surface area contributed by atoms with Gasteiger partial charge in [-0.1, -0.05) is 17.7 Å². The van der Waals surface area contributed by atoms with Crippen molar-refractivity contribution in [3.05, 3.63) is 29.8 Å². The van der Waals surface area contributed by atoms with Crippen LogP contribution < -0.4 is 10.2 Å². The smallest absolute Gasteiger partial charge is 0.317 e. The van der Waals surface area contributed by atoms with Crippen molar-refractivity contribution in [1.82, 2.24) is 15.1 Å². The van der Waals surface area contributed by atoms with Gasteiger partial charge in [0.1, 0.15) is 0 Å². The zero-order chi connectivity index (χ0) is 19.0. The largest absolute Gasteiger partial charge is 0.342 e. The Morgan fingerprint density at radius 2 is 1.78 bits per heavy atom. The number of likely N-dealkylation sites (tertiary alicyclic amines) is 1. The number of carbonyl (C=O) groups is 3. The zero-order valence-corrected chi connectivity index (χ0v) is 15.7. The van der Waals surface area contributed by atoms with Gasteiger partial charge in [-0.3, -0.25) is 9.59 Å². The molecule has 144 valence electrons. The highest BCUT2D eigenvalue weighted by molar-refractivity contribution is 6.00. The van der Waals surface area contributed by atoms with E-state index in [1.54, 1.807) is 4.90 Å². The van der Waals surface area contributed by atoms with E-state index in [4.69, 9.17) is 0 Å². The first-order chi connectivity index (χ1) is 13.0. The molecule has 0 saturated carbocycles. The van der Waals surface area contributed by atoms with Gasteiger partial charge in [-0.05, 0) is 31.9 Å². The van der Waals surface area contributed by atoms with E-state index >= 15 is 0 Å². The number of amides is 4. The SMILES string of the molecule is Cc1ccc(N2C[C@@H](C(=O)N3CCC(N4CCNC4=O)CC3)CC2=O)cc1. The van der Waals surface area contributed by atoms with Crippen LogP contribution in [0.15, 0.2) is 24.3 Å². The number of urea groups is 1. The lowest BCUT2D eigenvalue weighted by Gasteiger charge is -2.37. The molecule has 1 aromatic rings. The summed E-state index contributed by atoms with van der Waals surface area (Å²) in [6.07, 6.45) is 1.89. The summed E-state index contributed by atoms with van der Waals surface area (Å²) in [6.45, 7) is 5.23. The Morgan fingerprint density at radius 3 is 2.41 bits per heavy atom. The highest BCUT2D eigenvalue weighted by Gasteiger charge is 2.39. The number of hydrogen-bond acceptors (Lipinski definition) is 3. The number of hydrogen-bond donors (Lipinski definition) is 1. The molecule has 1 N–H and O–H groups in total. The van der Waals surface area contributed by atoms with Gasteiger partial charge in [-0.25, -0.2) is 4.79 Å². The van der Waals surface area contributed by atoms with Gasteiger partial charge in [-0.2, -0.15) is 0 Å². The fraction of sp³-hybridized carbons (Fsp3) is 0.550. The predicted octanol–water partition coefficient (Wildman–Crippen LogP) is 1.36. The van der Waals surface area contributed by atoms with Gasteiger partial charge in [0.15, 0.2) is 0 Å². The maximum Gasteiger partial charge on any atom is 0.317 e. The van der Waals surface area contributed by atoms with Crippen LogP contribution in [-0.2, 0) is 9.59 Å². The number of benzene rings is 1. The fourth-order valence-electron chi connectivity index (χ4n) is 4.34. The monoisotopic (exact) mass is 370 g/mol. The average molecular weight is 370 g/mol. The van der Waals surface area contributed by atoms with Gasteiger partial charge in [0.2, 0.25) is 11.8 Å². The Bertz CT molecular complexity index is 740. The van der Waals surface area contributed by atoms with Crippen LogP contribution in [0.2, 0.25) is 0 Å². The Morgan fingerprint density at radius 1 is 1.07 bits per heavy atom. The molecule has 4 rings (SSSR count). The van der Waals surface area contributed by atoms with Crippen LogP contribution in [0.5, 0.6) is 0 Å². The summed E-state index contributed by atoms with van der Waals surface area (Å²) in [5.41, 5.74) is 2.01. The number of carbonyl (C=O) groups excluding carboxylic acids is 3. The molecule has 3 aliphatic heterocycles. The molecule has 27 heavy (non-hydrogen) atoms. The minimum Gasteiger partial charge on any atom is -0.342 e. The summed E-state index contributed by atoms with van der Waals surface area (Å²) >= 11 is 0. The first-order valence-electron chi connectivity index (χ1n) is 9.73. The van der Waals surface area contributed by atoms with Gasteiger partial charge >= 0.3 is 6.03 Å². The molecule has 3 heterocycles. The zero-order valence-electron chi connectivity index (χ0n) is 15.7. The molecule has 1 atom stereocenters. The van der Waals surface area contributed by atoms with Crippen molar-refractivity contribution in [2.45, 2.75) is 32.2 Å². The number of rotatable bonds is 3. The molecule has 3 saturated heterocycles. The maximum atomic E-state index is 12.9. The van der Waals surface area contributed by atoms with Gasteiger partial charge < -0.3 is 20.0 Å². The number of nitrogens with zero attached hydrogens (tertiary/aromatic N) is 3. The topological polar surface area (TPSA) is 73.0 Å². The highest BCUT2D eigenvalue weighted by Crippen LogP contribution is 2.28. The van der Waals surface area contributed by atoms with Crippen molar-refractivity contribution in [2.24, 2.45) is 5.92 Å². The number of piperidine rings is 1. The molecule has 0 radical (unpaired) electrons. The normalized spacial score (nSPS) is 23.9. The van der Waals surface area contributed by atoms with E-state index in [2.05, 4.69) is 5.32 Å². The van der Waals surface area contributed by atoms with Crippen LogP contribution in [0.3, 0.4) is 0 Å². The van der Waals surface area contributed by atoms with Crippen molar-refractivity contribution >= 4 is 23.5 Å². The molecule has 0 aliphatic carbocycles. The standard InChI is InChI=1S/C20H26N4O3/c1-14-2-4-16(5-3-14)24-13-15(12-18(24)25)19(26)22-9-6-17(7-10-22)23-11-8-21-20(23)27/h2-5,15,17H,6-13H2,1H3,(H,21,27)/t15-/m0/s1. The first-order valence-corrected chi connectivity index (χ1v) is 9.73. The van der Waals surface area contributed by atoms with E-state index in [1.165, 1.54) is 0 Å². The van der Waals surface area contributed by atoms with Crippen molar-refractivity contribution in [1.29, 1.82) is 0 Å². The van der Waals surface area contributed by atoms with Gasteiger partial charge in [0.25, 0.3) is 0 Å². The summed E-state index contributed by atoms with van der Waals surface area (Å²) in [5, 5.41) is 2.84. The molecule has 0 unspecified atom stereocenters. The van der Waals surface area contributed by atoms with Crippen molar-refractivity contribution in [3.63, 3.8) is 0 Å². The van der Waals surface area contributed by atoms with Gasteiger partial charge in [0.05, 0.1) is 5.92 Å². The number of aryl methyl sites for hydroxylation is 1. The third-order valence-electron chi connectivity index (χ3n) is 5.93. The second kappa shape index (κ2) is 7.21. The molecule has 0 spiro atoms. The quantitative estimate of drug-likeness (QED) is 0.873. The van der Waals surface area contributed by atoms with Crippen LogP contribution in [0.4, 0.5) is 10.5 Å². The molecular weight excluding hydrogens is 344 g/mol. The molecular formula is C20H26N4O3. The van der Waals surface area contributed by atoms with Crippen LogP contribution in [0.1, 0.15) is 24.8 Å². The predicted molar refractivity (Wildman–Crippen MR) is 101 cm³/mol. The number of nitrogens with one attached hydrogen (secondary N) is 1. The van der Waals surface area contributed by atoms with Crippen LogP contribution >= 0.6 is 0 Å². The van der Waals surface area contributed by atoms with E-state index in [1.807, 2.05) is 41.0 Å². The molecule has 4 amide bonds. The lowest BCUT2D eigenvalue weighted by molar-refractivity contribution is -0.137. The highest BCUT2D eigenvalue weighted by atomic mass is 16.2. The minimum absolute atomic E-state index is 0.00917. The van der Waals surface area contributed by atoms with E-state index in [0.717, 1.165) is 30.6 Å². The average Bonchev–Trinajstić information content (AvgIpc) is 3.28. The lowest BCUT2D eigenvalue weighted by atomic mass is 10.0. The molecule has 7 nitrogen and oxygen atoms in total. The second-order valence-corrected chi connectivity index (χ2v) is 7.72. The molecule has 7 heteroatoms. The van der Waals surface area contributed by atoms with E-state index in [0.29, 0.717) is 26.2 Å². The van der Waals surface area contributed by atoms with Gasteiger partial charge in [-0.15, -0.1) is 0 Å². The summed E-state index contributed by atoms with van der Waals surface area (Å²) in [7, 11) is 0. The summed E-state index contributed by atoms with van der Waals surface area (Å²) in [6, 6.07) is 8.06. The van der Waals surface area contributed by atoms with E-state index in [9.17, 15) is 14.4 Å². The second-order valence-electron chi connectivity index (χ2n) is 7.72. The molecule has 0 bridgehead atoms. The van der Waals surface area contributed by atoms with Crippen LogP contribution in [-0.4, -0.2) is 66.4 Å². The molecule has 1 aromatic carbocycles. The third kappa shape index (κ3) is 3.50. The molecule has 3 fully saturated rings. The maximum absolute atomic E-state index is 12.9.